The molecule has 0 spiro atoms. The summed E-state index contributed by atoms with van der Waals surface area (Å²) in [4.78, 5) is 45.7. The molecule has 0 radical (unpaired) electrons. The Morgan fingerprint density at radius 3 is 2.43 bits per heavy atom. The van der Waals surface area contributed by atoms with Crippen LogP contribution in [0, 0.1) is 10.1 Å². The number of carbonyl (C=O) groups is 3. The first-order valence-corrected chi connectivity index (χ1v) is 9.10. The molecule has 10 nitrogen and oxygen atoms in total. The van der Waals surface area contributed by atoms with E-state index in [1.807, 2.05) is 6.92 Å². The van der Waals surface area contributed by atoms with Gasteiger partial charge in [-0.3, -0.25) is 24.5 Å². The number of para-hydroxylation sites is 2. The van der Waals surface area contributed by atoms with Gasteiger partial charge in [0.2, 0.25) is 0 Å². The third kappa shape index (κ3) is 6.89. The number of nitro groups is 1. The lowest BCUT2D eigenvalue weighted by molar-refractivity contribution is -0.384. The van der Waals surface area contributed by atoms with Crippen molar-refractivity contribution in [3.05, 3.63) is 64.2 Å². The molecule has 10 heteroatoms. The van der Waals surface area contributed by atoms with Crippen LogP contribution in [0.25, 0.3) is 0 Å². The molecule has 0 aliphatic carbocycles. The van der Waals surface area contributed by atoms with E-state index in [1.54, 1.807) is 24.3 Å². The normalized spacial score (nSPS) is 10.0. The Balaban J connectivity index is 1.71. The summed E-state index contributed by atoms with van der Waals surface area (Å²) in [5.74, 6) is -1.16. The molecule has 2 rings (SSSR count). The predicted molar refractivity (Wildman–Crippen MR) is 107 cm³/mol. The minimum atomic E-state index is -0.660. The highest BCUT2D eigenvalue weighted by Crippen LogP contribution is 2.23. The number of nitrogens with zero attached hydrogens (tertiary/aromatic N) is 1. The number of hydrogen-bond donors (Lipinski definition) is 2. The first-order chi connectivity index (χ1) is 14.4. The van der Waals surface area contributed by atoms with E-state index in [4.69, 9.17) is 9.47 Å². The summed E-state index contributed by atoms with van der Waals surface area (Å²) >= 11 is 0. The predicted octanol–water partition coefficient (Wildman–Crippen LogP) is 2.30. The van der Waals surface area contributed by atoms with Crippen LogP contribution in [0.1, 0.15) is 23.7 Å². The van der Waals surface area contributed by atoms with Gasteiger partial charge in [-0.2, -0.15) is 0 Å². The van der Waals surface area contributed by atoms with Gasteiger partial charge in [-0.15, -0.1) is 0 Å². The fourth-order valence-corrected chi connectivity index (χ4v) is 2.37. The van der Waals surface area contributed by atoms with Crippen molar-refractivity contribution in [2.75, 3.05) is 25.1 Å². The Labute approximate surface area is 172 Å². The molecule has 0 saturated carbocycles. The van der Waals surface area contributed by atoms with E-state index >= 15 is 0 Å². The highest BCUT2D eigenvalue weighted by molar-refractivity contribution is 5.95. The largest absolute Gasteiger partial charge is 0.492 e. The number of carbonyl (C=O) groups excluding carboxylic acids is 3. The number of ether oxygens (including phenoxy) is 2. The molecule has 0 saturated heterocycles. The third-order valence-corrected chi connectivity index (χ3v) is 3.78. The molecule has 0 fully saturated rings. The van der Waals surface area contributed by atoms with Gasteiger partial charge in [0.05, 0.1) is 23.6 Å². The second-order valence-corrected chi connectivity index (χ2v) is 5.95. The minimum absolute atomic E-state index is 0.0105. The van der Waals surface area contributed by atoms with E-state index in [0.29, 0.717) is 18.0 Å². The first-order valence-electron chi connectivity index (χ1n) is 9.10. The van der Waals surface area contributed by atoms with Crippen LogP contribution >= 0.6 is 0 Å². The Hall–Kier alpha value is -3.95. The Morgan fingerprint density at radius 2 is 1.77 bits per heavy atom. The Kier molecular flexibility index (Phi) is 8.30. The van der Waals surface area contributed by atoms with Crippen molar-refractivity contribution in [2.24, 2.45) is 0 Å². The van der Waals surface area contributed by atoms with Crippen molar-refractivity contribution < 1.29 is 28.8 Å². The van der Waals surface area contributed by atoms with Crippen LogP contribution in [0.15, 0.2) is 48.5 Å². The molecule has 0 unspecified atom stereocenters. The SMILES string of the molecule is CCOc1ccccc1NC(=O)COC(=O)CCNC(=O)c1ccc([N+](=O)[O-])cc1. The maximum absolute atomic E-state index is 12.0. The van der Waals surface area contributed by atoms with E-state index in [1.165, 1.54) is 24.3 Å². The number of hydrogen-bond acceptors (Lipinski definition) is 7. The van der Waals surface area contributed by atoms with Gasteiger partial charge >= 0.3 is 5.97 Å². The van der Waals surface area contributed by atoms with Gasteiger partial charge in [0.15, 0.2) is 6.61 Å². The van der Waals surface area contributed by atoms with Crippen molar-refractivity contribution in [1.82, 2.24) is 5.32 Å². The average molecular weight is 415 g/mol. The zero-order chi connectivity index (χ0) is 21.9. The second-order valence-electron chi connectivity index (χ2n) is 5.95. The van der Waals surface area contributed by atoms with E-state index in [-0.39, 0.29) is 24.2 Å². The summed E-state index contributed by atoms with van der Waals surface area (Å²) in [5, 5.41) is 15.7. The number of esters is 1. The van der Waals surface area contributed by atoms with Gasteiger partial charge in [-0.05, 0) is 31.2 Å². The molecule has 0 aromatic heterocycles. The molecule has 0 heterocycles. The lowest BCUT2D eigenvalue weighted by Gasteiger charge is -2.11. The molecular formula is C20H21N3O7. The molecule has 0 aliphatic heterocycles. The average Bonchev–Trinajstić information content (AvgIpc) is 2.74. The van der Waals surface area contributed by atoms with Crippen molar-refractivity contribution in [3.8, 4) is 5.75 Å². The fourth-order valence-electron chi connectivity index (χ4n) is 2.37. The van der Waals surface area contributed by atoms with Crippen LogP contribution in [-0.2, 0) is 14.3 Å². The standard InChI is InChI=1S/C20H21N3O7/c1-2-29-17-6-4-3-5-16(17)22-18(24)13-30-19(25)11-12-21-20(26)14-7-9-15(10-8-14)23(27)28/h3-10H,2,11-13H2,1H3,(H,21,26)(H,22,24). The summed E-state index contributed by atoms with van der Waals surface area (Å²) in [6.45, 7) is 1.77. The van der Waals surface area contributed by atoms with Crippen LogP contribution in [0.3, 0.4) is 0 Å². The maximum atomic E-state index is 12.0. The van der Waals surface area contributed by atoms with Gasteiger partial charge < -0.3 is 20.1 Å². The van der Waals surface area contributed by atoms with Crippen molar-refractivity contribution in [2.45, 2.75) is 13.3 Å². The third-order valence-electron chi connectivity index (χ3n) is 3.78. The van der Waals surface area contributed by atoms with E-state index < -0.39 is 29.3 Å². The zero-order valence-corrected chi connectivity index (χ0v) is 16.3. The van der Waals surface area contributed by atoms with E-state index in [2.05, 4.69) is 10.6 Å². The lowest BCUT2D eigenvalue weighted by atomic mass is 10.2. The van der Waals surface area contributed by atoms with Gasteiger partial charge in [0.25, 0.3) is 17.5 Å². The topological polar surface area (TPSA) is 137 Å². The van der Waals surface area contributed by atoms with Crippen LogP contribution in [0.5, 0.6) is 5.75 Å². The number of amides is 2. The monoisotopic (exact) mass is 415 g/mol. The first kappa shape index (κ1) is 22.3. The molecule has 30 heavy (non-hydrogen) atoms. The van der Waals surface area contributed by atoms with E-state index in [9.17, 15) is 24.5 Å². The van der Waals surface area contributed by atoms with E-state index in [0.717, 1.165) is 0 Å². The number of non-ortho nitro benzene ring substituents is 1. The Morgan fingerprint density at radius 1 is 1.07 bits per heavy atom. The second kappa shape index (κ2) is 11.1. The fraction of sp³-hybridized carbons (Fsp3) is 0.250. The van der Waals surface area contributed by atoms with Gasteiger partial charge in [-0.25, -0.2) is 0 Å². The van der Waals surface area contributed by atoms with Crippen LogP contribution in [0.2, 0.25) is 0 Å². The summed E-state index contributed by atoms with van der Waals surface area (Å²) in [6.07, 6.45) is -0.137. The number of anilines is 1. The van der Waals surface area contributed by atoms with Crippen LogP contribution in [0.4, 0.5) is 11.4 Å². The van der Waals surface area contributed by atoms with Crippen molar-refractivity contribution in [3.63, 3.8) is 0 Å². The summed E-state index contributed by atoms with van der Waals surface area (Å²) in [7, 11) is 0. The van der Waals surface area contributed by atoms with Crippen molar-refractivity contribution in [1.29, 1.82) is 0 Å². The molecular weight excluding hydrogens is 394 g/mol. The number of nitro benzene ring substituents is 1. The highest BCUT2D eigenvalue weighted by atomic mass is 16.6. The molecule has 158 valence electrons. The summed E-state index contributed by atoms with van der Waals surface area (Å²) in [6, 6.07) is 11.9. The van der Waals surface area contributed by atoms with Gasteiger partial charge in [-0.1, -0.05) is 12.1 Å². The lowest BCUT2D eigenvalue weighted by Crippen LogP contribution is -2.27. The molecule has 2 aromatic carbocycles. The molecule has 0 aliphatic rings. The quantitative estimate of drug-likeness (QED) is 0.345. The minimum Gasteiger partial charge on any atom is -0.492 e. The van der Waals surface area contributed by atoms with Gasteiger partial charge in [0.1, 0.15) is 5.75 Å². The molecule has 0 bridgehead atoms. The molecule has 0 atom stereocenters. The van der Waals surface area contributed by atoms with Gasteiger partial charge in [0, 0.05) is 24.2 Å². The Bertz CT molecular complexity index is 913. The van der Waals surface area contributed by atoms with Crippen molar-refractivity contribution >= 4 is 29.2 Å². The number of rotatable bonds is 10. The highest BCUT2D eigenvalue weighted by Gasteiger charge is 2.12. The smallest absolute Gasteiger partial charge is 0.308 e. The van der Waals surface area contributed by atoms with Crippen LogP contribution < -0.4 is 15.4 Å². The molecule has 2 N–H and O–H groups in total. The number of benzene rings is 2. The summed E-state index contributed by atoms with van der Waals surface area (Å²) < 4.78 is 10.3. The molecule has 2 amide bonds. The maximum Gasteiger partial charge on any atom is 0.308 e. The zero-order valence-electron chi connectivity index (χ0n) is 16.3. The number of nitrogens with one attached hydrogen (secondary N) is 2. The van der Waals surface area contributed by atoms with Crippen LogP contribution in [-0.4, -0.2) is 42.5 Å². The summed E-state index contributed by atoms with van der Waals surface area (Å²) in [5.41, 5.74) is 0.564. The molecule has 2 aromatic rings.